The molecule has 1 fully saturated rings. The molecule has 14 nitrogen and oxygen atoms in total. The molecule has 320 valence electrons. The summed E-state index contributed by atoms with van der Waals surface area (Å²) in [6.07, 6.45) is 3.56. The van der Waals surface area contributed by atoms with Gasteiger partial charge in [0, 0.05) is 19.0 Å². The van der Waals surface area contributed by atoms with Crippen molar-refractivity contribution in [3.8, 4) is 16.9 Å². The van der Waals surface area contributed by atoms with Gasteiger partial charge in [-0.2, -0.15) is 4.68 Å². The zero-order valence-electron chi connectivity index (χ0n) is 37.2. The molecular weight excluding hydrogens is 747 g/mol. The van der Waals surface area contributed by atoms with Gasteiger partial charge in [-0.05, 0) is 123 Å². The van der Waals surface area contributed by atoms with E-state index in [2.05, 4.69) is 67.0 Å². The SMILES string of the molecule is CC(C)(C)OC(=O)NC[C@@H](C[n+]1cc(-c2ccc3c(c2)CC[C@H]([C@](C)(ON)C(=O)OC(C)(C)C)O3)cn1CC1CN(C(=O)OC(C)(C)C)C1)O[Si](C)(C)C(C)(C)C. The van der Waals surface area contributed by atoms with Crippen molar-refractivity contribution >= 4 is 26.5 Å². The van der Waals surface area contributed by atoms with Crippen LogP contribution in [0.15, 0.2) is 30.6 Å². The van der Waals surface area contributed by atoms with Crippen LogP contribution >= 0.6 is 0 Å². The number of rotatable bonds is 12. The molecule has 15 heteroatoms. The summed E-state index contributed by atoms with van der Waals surface area (Å²) in [5, 5.41) is 2.90. The fourth-order valence-electron chi connectivity index (χ4n) is 6.44. The highest BCUT2D eigenvalue weighted by Crippen LogP contribution is 2.38. The molecule has 0 bridgehead atoms. The van der Waals surface area contributed by atoms with Crippen LogP contribution in [0, 0.1) is 5.92 Å². The number of aromatic nitrogens is 2. The van der Waals surface area contributed by atoms with Gasteiger partial charge in [0.1, 0.15) is 34.8 Å². The van der Waals surface area contributed by atoms with Gasteiger partial charge >= 0.3 is 18.2 Å². The van der Waals surface area contributed by atoms with E-state index in [1.807, 2.05) is 53.7 Å². The second-order valence-electron chi connectivity index (χ2n) is 20.3. The third kappa shape index (κ3) is 12.4. The molecule has 0 unspecified atom stereocenters. The number of nitrogens with zero attached hydrogens (tertiary/aromatic N) is 3. The van der Waals surface area contributed by atoms with E-state index in [0.717, 1.165) is 16.7 Å². The molecular formula is C42H70N5O9Si+. The lowest BCUT2D eigenvalue weighted by molar-refractivity contribution is -0.780. The second kappa shape index (κ2) is 16.9. The maximum Gasteiger partial charge on any atom is 0.410 e. The average Bonchev–Trinajstić information content (AvgIpc) is 3.42. The summed E-state index contributed by atoms with van der Waals surface area (Å²) in [6, 6.07) is 6.04. The number of alkyl carbamates (subject to hydrolysis) is 1. The minimum atomic E-state index is -2.27. The first-order valence-electron chi connectivity index (χ1n) is 20.1. The number of nitrogens with one attached hydrogen (secondary N) is 1. The smallest absolute Gasteiger partial charge is 0.410 e. The molecule has 3 N–H and O–H groups in total. The first kappa shape index (κ1) is 46.0. The maximum atomic E-state index is 13.2. The fourth-order valence-corrected chi connectivity index (χ4v) is 7.78. The highest BCUT2D eigenvalue weighted by atomic mass is 28.4. The number of fused-ring (bicyclic) bond motifs is 1. The summed E-state index contributed by atoms with van der Waals surface area (Å²) in [5.41, 5.74) is -0.431. The van der Waals surface area contributed by atoms with E-state index in [1.165, 1.54) is 0 Å². The number of esters is 1. The zero-order chi connectivity index (χ0) is 42.9. The number of ether oxygens (including phenoxy) is 4. The normalized spacial score (nSPS) is 18.4. The molecule has 0 aliphatic carbocycles. The van der Waals surface area contributed by atoms with Gasteiger partial charge in [0.25, 0.3) is 0 Å². The average molecular weight is 817 g/mol. The molecule has 0 spiro atoms. The minimum Gasteiger partial charge on any atom is -0.486 e. The molecule has 0 saturated carbocycles. The predicted octanol–water partition coefficient (Wildman–Crippen LogP) is 6.91. The van der Waals surface area contributed by atoms with Crippen molar-refractivity contribution in [2.45, 2.75) is 169 Å². The second-order valence-corrected chi connectivity index (χ2v) is 25.0. The first-order chi connectivity index (χ1) is 26.0. The topological polar surface area (TPSA) is 157 Å². The Labute approximate surface area is 341 Å². The van der Waals surface area contributed by atoms with E-state index >= 15 is 0 Å². The van der Waals surface area contributed by atoms with Crippen LogP contribution in [0.1, 0.15) is 102 Å². The number of benzene rings is 1. The van der Waals surface area contributed by atoms with Crippen molar-refractivity contribution in [1.29, 1.82) is 0 Å². The first-order valence-corrected chi connectivity index (χ1v) is 23.0. The van der Waals surface area contributed by atoms with Gasteiger partial charge in [-0.3, -0.25) is 4.84 Å². The van der Waals surface area contributed by atoms with Gasteiger partial charge in [0.15, 0.2) is 14.9 Å². The van der Waals surface area contributed by atoms with Gasteiger partial charge in [0.05, 0.1) is 24.8 Å². The van der Waals surface area contributed by atoms with E-state index in [-0.39, 0.29) is 29.7 Å². The van der Waals surface area contributed by atoms with E-state index in [9.17, 15) is 14.4 Å². The van der Waals surface area contributed by atoms with E-state index in [4.69, 9.17) is 34.1 Å². The van der Waals surface area contributed by atoms with Crippen molar-refractivity contribution < 1.29 is 47.3 Å². The van der Waals surface area contributed by atoms with E-state index in [0.29, 0.717) is 44.8 Å². The number of nitrogens with two attached hydrogens (primary N) is 1. The molecule has 1 aromatic heterocycles. The van der Waals surface area contributed by atoms with Crippen molar-refractivity contribution in [2.75, 3.05) is 19.6 Å². The lowest BCUT2D eigenvalue weighted by Gasteiger charge is -2.39. The summed E-state index contributed by atoms with van der Waals surface area (Å²) < 4.78 is 34.5. The molecule has 0 radical (unpaired) electrons. The minimum absolute atomic E-state index is 0.0587. The summed E-state index contributed by atoms with van der Waals surface area (Å²) in [7, 11) is -2.27. The Kier molecular flexibility index (Phi) is 13.6. The van der Waals surface area contributed by atoms with Gasteiger partial charge in [-0.25, -0.2) is 20.3 Å². The third-order valence-corrected chi connectivity index (χ3v) is 15.0. The Morgan fingerprint density at radius 1 is 0.912 bits per heavy atom. The van der Waals surface area contributed by atoms with Crippen LogP contribution in [-0.4, -0.2) is 90.3 Å². The van der Waals surface area contributed by atoms with Crippen LogP contribution < -0.4 is 20.6 Å². The summed E-state index contributed by atoms with van der Waals surface area (Å²) in [4.78, 5) is 45.7. The maximum absolute atomic E-state index is 13.2. The van der Waals surface area contributed by atoms with Crippen LogP contribution in [-0.2, 0) is 47.8 Å². The largest absolute Gasteiger partial charge is 0.486 e. The number of carbonyl (C=O) groups is 3. The van der Waals surface area contributed by atoms with Crippen molar-refractivity contribution in [1.82, 2.24) is 14.9 Å². The molecule has 3 heterocycles. The summed E-state index contributed by atoms with van der Waals surface area (Å²) in [5.74, 6) is 5.98. The van der Waals surface area contributed by atoms with Crippen LogP contribution in [0.4, 0.5) is 9.59 Å². The Morgan fingerprint density at radius 3 is 2.09 bits per heavy atom. The lowest BCUT2D eigenvalue weighted by atomic mass is 9.89. The van der Waals surface area contributed by atoms with Crippen LogP contribution in [0.5, 0.6) is 5.75 Å². The van der Waals surface area contributed by atoms with Crippen LogP contribution in [0.25, 0.3) is 11.1 Å². The molecule has 3 atom stereocenters. The number of amides is 2. The summed E-state index contributed by atoms with van der Waals surface area (Å²) in [6.45, 7) is 31.7. The van der Waals surface area contributed by atoms with Crippen molar-refractivity contribution in [2.24, 2.45) is 11.8 Å². The Morgan fingerprint density at radius 2 is 1.53 bits per heavy atom. The highest BCUT2D eigenvalue weighted by molar-refractivity contribution is 6.74. The number of hydrogen-bond acceptors (Lipinski definition) is 10. The number of carbonyl (C=O) groups excluding carboxylic acids is 3. The predicted molar refractivity (Wildman–Crippen MR) is 220 cm³/mol. The third-order valence-electron chi connectivity index (χ3n) is 10.5. The molecule has 1 saturated heterocycles. The van der Waals surface area contributed by atoms with E-state index in [1.54, 1.807) is 32.6 Å². The molecule has 2 aliphatic heterocycles. The lowest BCUT2D eigenvalue weighted by Crippen LogP contribution is -2.57. The molecule has 1 aromatic carbocycles. The van der Waals surface area contributed by atoms with Gasteiger partial charge < -0.3 is 33.6 Å². The molecule has 57 heavy (non-hydrogen) atoms. The monoisotopic (exact) mass is 816 g/mol. The molecule has 2 aliphatic rings. The Balaban J connectivity index is 1.64. The quantitative estimate of drug-likeness (QED) is 0.0759. The van der Waals surface area contributed by atoms with Crippen LogP contribution in [0.3, 0.4) is 0 Å². The Bertz CT molecular complexity index is 1750. The number of aryl methyl sites for hydroxylation is 1. The zero-order valence-corrected chi connectivity index (χ0v) is 38.2. The summed E-state index contributed by atoms with van der Waals surface area (Å²) >= 11 is 0. The van der Waals surface area contributed by atoms with Gasteiger partial charge in [-0.1, -0.05) is 26.8 Å². The number of likely N-dealkylation sites (tertiary alicyclic amines) is 1. The fraction of sp³-hybridized carbons (Fsp3) is 0.714. The Hall–Kier alpha value is -3.66. The van der Waals surface area contributed by atoms with Crippen molar-refractivity contribution in [3.63, 3.8) is 0 Å². The van der Waals surface area contributed by atoms with Crippen molar-refractivity contribution in [3.05, 3.63) is 36.2 Å². The van der Waals surface area contributed by atoms with Gasteiger partial charge in [-0.15, -0.1) is 4.68 Å². The highest BCUT2D eigenvalue weighted by Gasteiger charge is 2.49. The number of hydrogen-bond donors (Lipinski definition) is 2. The standard InChI is InChI=1S/C42H69N5O9Si/c1-38(2,3)52-35(48)42(13,56-43)34-19-17-30-20-29(16-18-33(30)51-34)31-25-46(24-28-22-45(23-28)37(50)54-40(7,8)9)47(26-31)27-32(55-57(14,15)41(10,11)12)21-44-36(49)53-39(4,5)6/h16,18,20,25-26,28,32,34H,17,19,21-24,27,43H2,1-15H3/p+1/t32-,34+,42-/m0/s1. The van der Waals surface area contributed by atoms with Crippen LogP contribution in [0.2, 0.25) is 18.1 Å². The molecule has 4 rings (SSSR count). The molecule has 2 aromatic rings. The van der Waals surface area contributed by atoms with Gasteiger partial charge in [0.2, 0.25) is 11.8 Å². The molecule has 2 amide bonds. The van der Waals surface area contributed by atoms with E-state index < -0.39 is 48.9 Å².